The van der Waals surface area contributed by atoms with Crippen molar-refractivity contribution in [3.8, 4) is 11.5 Å². The van der Waals surface area contributed by atoms with Crippen molar-refractivity contribution < 1.29 is 9.47 Å². The van der Waals surface area contributed by atoms with Crippen molar-refractivity contribution in [1.29, 1.82) is 0 Å². The van der Waals surface area contributed by atoms with Crippen LogP contribution in [0.3, 0.4) is 0 Å². The van der Waals surface area contributed by atoms with Crippen molar-refractivity contribution >= 4 is 22.9 Å². The molecule has 0 saturated heterocycles. The van der Waals surface area contributed by atoms with Gasteiger partial charge in [-0.25, -0.2) is 0 Å². The minimum atomic E-state index is 0.0440. The van der Waals surface area contributed by atoms with Crippen LogP contribution in [-0.4, -0.2) is 20.8 Å². The smallest absolute Gasteiger partial charge is 0.129 e. The lowest BCUT2D eigenvalue weighted by Crippen LogP contribution is -2.21. The Morgan fingerprint density at radius 2 is 2.05 bits per heavy atom. The largest absolute Gasteiger partial charge is 0.496 e. The molecule has 3 nitrogen and oxygen atoms in total. The molecule has 0 aliphatic carbocycles. The molecule has 20 heavy (non-hydrogen) atoms. The third kappa shape index (κ3) is 3.26. The van der Waals surface area contributed by atoms with E-state index in [0.29, 0.717) is 5.02 Å². The van der Waals surface area contributed by atoms with Gasteiger partial charge in [-0.05, 0) is 30.8 Å². The fourth-order valence-corrected chi connectivity index (χ4v) is 3.22. The fourth-order valence-electron chi connectivity index (χ4n) is 2.09. The van der Waals surface area contributed by atoms with Crippen molar-refractivity contribution in [3.63, 3.8) is 0 Å². The van der Waals surface area contributed by atoms with Crippen molar-refractivity contribution in [2.75, 3.05) is 20.8 Å². The highest BCUT2D eigenvalue weighted by molar-refractivity contribution is 7.10. The first-order valence-corrected chi connectivity index (χ1v) is 7.64. The standard InChI is InChI=1S/C15H18ClNO2S/c1-4-17-15(14-8-11(18-2)9-20-14)12-7-10(16)5-6-13(12)19-3/h5-9,15,17H,4H2,1-3H3. The zero-order chi connectivity index (χ0) is 14.5. The number of thiophene rings is 1. The maximum absolute atomic E-state index is 6.13. The number of halogens is 1. The normalized spacial score (nSPS) is 12.2. The third-order valence-corrected chi connectivity index (χ3v) is 4.24. The van der Waals surface area contributed by atoms with E-state index in [1.165, 1.54) is 4.88 Å². The predicted octanol–water partition coefficient (Wildman–Crippen LogP) is 4.12. The highest BCUT2D eigenvalue weighted by Gasteiger charge is 2.20. The number of ether oxygens (including phenoxy) is 2. The molecule has 2 rings (SSSR count). The third-order valence-electron chi connectivity index (χ3n) is 3.03. The van der Waals surface area contributed by atoms with E-state index < -0.39 is 0 Å². The molecule has 108 valence electrons. The fraction of sp³-hybridized carbons (Fsp3) is 0.333. The molecular formula is C15H18ClNO2S. The van der Waals surface area contributed by atoms with Crippen LogP contribution in [0.4, 0.5) is 0 Å². The Bertz CT molecular complexity index is 571. The van der Waals surface area contributed by atoms with E-state index in [1.807, 2.05) is 29.6 Å². The van der Waals surface area contributed by atoms with Crippen molar-refractivity contribution in [2.24, 2.45) is 0 Å². The molecule has 2 aromatic rings. The van der Waals surface area contributed by atoms with E-state index in [4.69, 9.17) is 21.1 Å². The average molecular weight is 312 g/mol. The number of nitrogens with one attached hydrogen (secondary N) is 1. The minimum absolute atomic E-state index is 0.0440. The maximum atomic E-state index is 6.13. The minimum Gasteiger partial charge on any atom is -0.496 e. The summed E-state index contributed by atoms with van der Waals surface area (Å²) in [5, 5.41) is 6.17. The van der Waals surface area contributed by atoms with Gasteiger partial charge in [0.05, 0.1) is 20.3 Å². The van der Waals surface area contributed by atoms with Gasteiger partial charge < -0.3 is 14.8 Å². The number of methoxy groups -OCH3 is 2. The summed E-state index contributed by atoms with van der Waals surface area (Å²) >= 11 is 7.79. The highest BCUT2D eigenvalue weighted by atomic mass is 35.5. The molecular weight excluding hydrogens is 294 g/mol. The van der Waals surface area contributed by atoms with Gasteiger partial charge in [0.1, 0.15) is 11.5 Å². The first kappa shape index (κ1) is 15.2. The molecule has 1 heterocycles. The summed E-state index contributed by atoms with van der Waals surface area (Å²) in [5.41, 5.74) is 1.03. The van der Waals surface area contributed by atoms with Crippen LogP contribution in [-0.2, 0) is 0 Å². The lowest BCUT2D eigenvalue weighted by atomic mass is 10.0. The molecule has 0 spiro atoms. The van der Waals surface area contributed by atoms with Gasteiger partial charge in [0.15, 0.2) is 0 Å². The van der Waals surface area contributed by atoms with E-state index in [0.717, 1.165) is 23.6 Å². The van der Waals surface area contributed by atoms with Gasteiger partial charge in [0.2, 0.25) is 0 Å². The quantitative estimate of drug-likeness (QED) is 0.870. The first-order chi connectivity index (χ1) is 9.69. The summed E-state index contributed by atoms with van der Waals surface area (Å²) in [4.78, 5) is 1.17. The van der Waals surface area contributed by atoms with Crippen LogP contribution < -0.4 is 14.8 Å². The van der Waals surface area contributed by atoms with E-state index >= 15 is 0 Å². The second-order valence-electron chi connectivity index (χ2n) is 4.27. The summed E-state index contributed by atoms with van der Waals surface area (Å²) < 4.78 is 10.7. The zero-order valence-corrected chi connectivity index (χ0v) is 13.3. The lowest BCUT2D eigenvalue weighted by Gasteiger charge is -2.20. The molecule has 0 amide bonds. The summed E-state index contributed by atoms with van der Waals surface area (Å²) in [6.07, 6.45) is 0. The Labute approximate surface area is 128 Å². The van der Waals surface area contributed by atoms with Crippen LogP contribution in [0.15, 0.2) is 29.6 Å². The molecule has 5 heteroatoms. The molecule has 1 unspecified atom stereocenters. The van der Waals surface area contributed by atoms with Crippen molar-refractivity contribution in [1.82, 2.24) is 5.32 Å². The summed E-state index contributed by atoms with van der Waals surface area (Å²) in [7, 11) is 3.35. The van der Waals surface area contributed by atoms with Gasteiger partial charge in [0.25, 0.3) is 0 Å². The van der Waals surface area contributed by atoms with Crippen molar-refractivity contribution in [2.45, 2.75) is 13.0 Å². The average Bonchev–Trinajstić information content (AvgIpc) is 2.93. The zero-order valence-electron chi connectivity index (χ0n) is 11.8. The monoisotopic (exact) mass is 311 g/mol. The van der Waals surface area contributed by atoms with Gasteiger partial charge in [0, 0.05) is 20.8 Å². The van der Waals surface area contributed by atoms with Gasteiger partial charge >= 0.3 is 0 Å². The van der Waals surface area contributed by atoms with E-state index in [-0.39, 0.29) is 6.04 Å². The second-order valence-corrected chi connectivity index (χ2v) is 5.65. The van der Waals surface area contributed by atoms with E-state index in [9.17, 15) is 0 Å². The summed E-state index contributed by atoms with van der Waals surface area (Å²) in [5.74, 6) is 1.70. The summed E-state index contributed by atoms with van der Waals surface area (Å²) in [6, 6.07) is 7.76. The number of hydrogen-bond acceptors (Lipinski definition) is 4. The van der Waals surface area contributed by atoms with Crippen LogP contribution in [0.25, 0.3) is 0 Å². The molecule has 1 atom stereocenters. The van der Waals surface area contributed by atoms with Crippen LogP contribution in [0.5, 0.6) is 11.5 Å². The van der Waals surface area contributed by atoms with E-state index in [1.54, 1.807) is 25.6 Å². The Hall–Kier alpha value is -1.23. The van der Waals surface area contributed by atoms with Crippen LogP contribution >= 0.6 is 22.9 Å². The molecule has 0 saturated carbocycles. The second kappa shape index (κ2) is 6.97. The van der Waals surface area contributed by atoms with Gasteiger partial charge in [-0.15, -0.1) is 11.3 Å². The van der Waals surface area contributed by atoms with Crippen LogP contribution in [0.1, 0.15) is 23.4 Å². The van der Waals surface area contributed by atoms with Crippen LogP contribution in [0.2, 0.25) is 5.02 Å². The number of benzene rings is 1. The molecule has 0 radical (unpaired) electrons. The van der Waals surface area contributed by atoms with Gasteiger partial charge in [-0.2, -0.15) is 0 Å². The van der Waals surface area contributed by atoms with E-state index in [2.05, 4.69) is 12.2 Å². The number of rotatable bonds is 6. The Morgan fingerprint density at radius 3 is 2.65 bits per heavy atom. The summed E-state index contributed by atoms with van der Waals surface area (Å²) in [6.45, 7) is 2.93. The first-order valence-electron chi connectivity index (χ1n) is 6.38. The highest BCUT2D eigenvalue weighted by Crippen LogP contribution is 2.36. The van der Waals surface area contributed by atoms with Crippen LogP contribution in [0, 0.1) is 0 Å². The molecule has 0 aliphatic heterocycles. The molecule has 0 fully saturated rings. The predicted molar refractivity (Wildman–Crippen MR) is 84.4 cm³/mol. The Kier molecular flexibility index (Phi) is 5.29. The molecule has 1 aromatic carbocycles. The SMILES string of the molecule is CCNC(c1cc(OC)cs1)c1cc(Cl)ccc1OC. The van der Waals surface area contributed by atoms with Gasteiger partial charge in [-0.3, -0.25) is 0 Å². The lowest BCUT2D eigenvalue weighted by molar-refractivity contribution is 0.404. The molecule has 0 aliphatic rings. The topological polar surface area (TPSA) is 30.5 Å². The van der Waals surface area contributed by atoms with Gasteiger partial charge in [-0.1, -0.05) is 18.5 Å². The maximum Gasteiger partial charge on any atom is 0.129 e. The molecule has 1 N–H and O–H groups in total. The van der Waals surface area contributed by atoms with Crippen molar-refractivity contribution in [3.05, 3.63) is 45.1 Å². The molecule has 0 bridgehead atoms. The number of hydrogen-bond donors (Lipinski definition) is 1. The Morgan fingerprint density at radius 1 is 1.25 bits per heavy atom. The Balaban J connectivity index is 2.44. The molecule has 1 aromatic heterocycles.